The van der Waals surface area contributed by atoms with E-state index in [-0.39, 0.29) is 0 Å². The van der Waals surface area contributed by atoms with Gasteiger partial charge in [-0.2, -0.15) is 0 Å². The first-order valence-corrected chi connectivity index (χ1v) is 6.59. The Morgan fingerprint density at radius 2 is 2.29 bits per heavy atom. The molecule has 0 spiro atoms. The molecule has 5 nitrogen and oxygen atoms in total. The molecule has 2 aromatic rings. The van der Waals surface area contributed by atoms with E-state index in [0.717, 1.165) is 16.8 Å². The molecule has 0 amide bonds. The van der Waals surface area contributed by atoms with Gasteiger partial charge in [-0.15, -0.1) is 11.3 Å². The first kappa shape index (κ1) is 12.3. The fourth-order valence-electron chi connectivity index (χ4n) is 1.39. The normalized spacial score (nSPS) is 10.3. The van der Waals surface area contributed by atoms with Crippen LogP contribution in [-0.2, 0) is 6.54 Å². The first-order valence-electron chi connectivity index (χ1n) is 4.92. The Bertz CT molecular complexity index is 501. The van der Waals surface area contributed by atoms with E-state index in [0.29, 0.717) is 5.82 Å². The molecular weight excluding hydrogens is 302 g/mol. The Balaban J connectivity index is 2.11. The SMILES string of the molecule is CN(Cc1cc(Br)cs1)c1cc(NN)ncn1. The topological polar surface area (TPSA) is 67.1 Å². The van der Waals surface area contributed by atoms with Crippen LogP contribution in [0.15, 0.2) is 28.3 Å². The summed E-state index contributed by atoms with van der Waals surface area (Å²) in [5, 5.41) is 2.07. The van der Waals surface area contributed by atoms with Crippen molar-refractivity contribution >= 4 is 38.9 Å². The van der Waals surface area contributed by atoms with E-state index in [2.05, 4.69) is 42.8 Å². The van der Waals surface area contributed by atoms with Gasteiger partial charge in [-0.1, -0.05) is 0 Å². The van der Waals surface area contributed by atoms with Crippen molar-refractivity contribution in [1.82, 2.24) is 9.97 Å². The van der Waals surface area contributed by atoms with E-state index in [1.54, 1.807) is 11.3 Å². The minimum absolute atomic E-state index is 0.606. The van der Waals surface area contributed by atoms with Crippen molar-refractivity contribution in [2.45, 2.75) is 6.54 Å². The maximum atomic E-state index is 5.31. The Labute approximate surface area is 112 Å². The molecule has 0 saturated carbocycles. The van der Waals surface area contributed by atoms with Gasteiger partial charge in [-0.3, -0.25) is 0 Å². The van der Waals surface area contributed by atoms with Crippen molar-refractivity contribution in [3.05, 3.63) is 33.2 Å². The maximum absolute atomic E-state index is 5.31. The minimum Gasteiger partial charge on any atom is -0.354 e. The van der Waals surface area contributed by atoms with Gasteiger partial charge in [0.2, 0.25) is 0 Å². The van der Waals surface area contributed by atoms with E-state index >= 15 is 0 Å². The van der Waals surface area contributed by atoms with E-state index in [1.807, 2.05) is 18.0 Å². The molecule has 0 unspecified atom stereocenters. The second-order valence-corrected chi connectivity index (χ2v) is 5.40. The largest absolute Gasteiger partial charge is 0.354 e. The zero-order valence-electron chi connectivity index (χ0n) is 9.22. The van der Waals surface area contributed by atoms with Crippen molar-refractivity contribution < 1.29 is 0 Å². The van der Waals surface area contributed by atoms with Gasteiger partial charge in [0.05, 0.1) is 6.54 Å². The number of nitrogens with two attached hydrogens (primary N) is 1. The molecule has 2 heterocycles. The third-order valence-electron chi connectivity index (χ3n) is 2.21. The van der Waals surface area contributed by atoms with Crippen LogP contribution in [0.25, 0.3) is 0 Å². The van der Waals surface area contributed by atoms with E-state index in [4.69, 9.17) is 5.84 Å². The van der Waals surface area contributed by atoms with E-state index < -0.39 is 0 Å². The van der Waals surface area contributed by atoms with Crippen molar-refractivity contribution in [3.63, 3.8) is 0 Å². The summed E-state index contributed by atoms with van der Waals surface area (Å²) < 4.78 is 1.11. The number of halogens is 1. The summed E-state index contributed by atoms with van der Waals surface area (Å²) in [5.74, 6) is 6.75. The van der Waals surface area contributed by atoms with Crippen LogP contribution in [-0.4, -0.2) is 17.0 Å². The average Bonchev–Trinajstić information content (AvgIpc) is 2.75. The zero-order chi connectivity index (χ0) is 12.3. The second kappa shape index (κ2) is 5.44. The van der Waals surface area contributed by atoms with Crippen LogP contribution in [0, 0.1) is 0 Å². The zero-order valence-corrected chi connectivity index (χ0v) is 11.6. The lowest BCUT2D eigenvalue weighted by Gasteiger charge is -2.17. The maximum Gasteiger partial charge on any atom is 0.145 e. The van der Waals surface area contributed by atoms with Gasteiger partial charge in [-0.05, 0) is 22.0 Å². The summed E-state index contributed by atoms with van der Waals surface area (Å²) in [6.07, 6.45) is 1.49. The van der Waals surface area contributed by atoms with Crippen LogP contribution < -0.4 is 16.2 Å². The molecule has 0 bridgehead atoms. The highest BCUT2D eigenvalue weighted by atomic mass is 79.9. The molecule has 17 heavy (non-hydrogen) atoms. The molecule has 90 valence electrons. The molecule has 3 N–H and O–H groups in total. The van der Waals surface area contributed by atoms with Gasteiger partial charge < -0.3 is 10.3 Å². The van der Waals surface area contributed by atoms with Crippen molar-refractivity contribution in [2.75, 3.05) is 17.4 Å². The molecule has 0 atom stereocenters. The Hall–Kier alpha value is -1.18. The van der Waals surface area contributed by atoms with Gasteiger partial charge in [0.15, 0.2) is 0 Å². The summed E-state index contributed by atoms with van der Waals surface area (Å²) in [6.45, 7) is 0.803. The fourth-order valence-corrected chi connectivity index (χ4v) is 2.89. The molecule has 0 radical (unpaired) electrons. The Morgan fingerprint density at radius 3 is 2.94 bits per heavy atom. The molecule has 7 heteroatoms. The number of rotatable bonds is 4. The lowest BCUT2D eigenvalue weighted by molar-refractivity contribution is 0.904. The fraction of sp³-hybridized carbons (Fsp3) is 0.200. The van der Waals surface area contributed by atoms with Crippen LogP contribution in [0.3, 0.4) is 0 Å². The van der Waals surface area contributed by atoms with Gasteiger partial charge in [0.25, 0.3) is 0 Å². The van der Waals surface area contributed by atoms with Gasteiger partial charge >= 0.3 is 0 Å². The summed E-state index contributed by atoms with van der Waals surface area (Å²) in [6, 6.07) is 3.91. The smallest absolute Gasteiger partial charge is 0.145 e. The lowest BCUT2D eigenvalue weighted by atomic mass is 10.4. The predicted molar refractivity (Wildman–Crippen MR) is 74.0 cm³/mol. The van der Waals surface area contributed by atoms with Crippen LogP contribution in [0.4, 0.5) is 11.6 Å². The average molecular weight is 314 g/mol. The van der Waals surface area contributed by atoms with Crippen LogP contribution in [0.2, 0.25) is 0 Å². The predicted octanol–water partition coefficient (Wildman–Crippen LogP) is 2.22. The number of hydrazine groups is 1. The van der Waals surface area contributed by atoms with Gasteiger partial charge in [0, 0.05) is 27.8 Å². The third-order valence-corrected chi connectivity index (χ3v) is 3.89. The third kappa shape index (κ3) is 3.15. The molecule has 0 aliphatic rings. The molecule has 2 rings (SSSR count). The van der Waals surface area contributed by atoms with E-state index in [1.165, 1.54) is 11.2 Å². The number of hydrogen-bond donors (Lipinski definition) is 2. The molecule has 0 aromatic carbocycles. The summed E-state index contributed by atoms with van der Waals surface area (Å²) >= 11 is 5.15. The van der Waals surface area contributed by atoms with Gasteiger partial charge in [0.1, 0.15) is 18.0 Å². The van der Waals surface area contributed by atoms with Crippen molar-refractivity contribution in [1.29, 1.82) is 0 Å². The summed E-state index contributed by atoms with van der Waals surface area (Å²) in [4.78, 5) is 11.5. The number of hydrogen-bond acceptors (Lipinski definition) is 6. The standard InChI is InChI=1S/C10H12BrN5S/c1-16(4-8-2-7(11)5-17-8)10-3-9(15-12)13-6-14-10/h2-3,5-6H,4,12H2,1H3,(H,13,14,15). The number of nitrogen functional groups attached to an aromatic ring is 1. The second-order valence-electron chi connectivity index (χ2n) is 3.49. The molecule has 0 fully saturated rings. The molecule has 0 saturated heterocycles. The van der Waals surface area contributed by atoms with E-state index in [9.17, 15) is 0 Å². The summed E-state index contributed by atoms with van der Waals surface area (Å²) in [5.41, 5.74) is 2.51. The van der Waals surface area contributed by atoms with Crippen molar-refractivity contribution in [3.8, 4) is 0 Å². The number of aromatic nitrogens is 2. The quantitative estimate of drug-likeness (QED) is 0.669. The Kier molecular flexibility index (Phi) is 3.93. The number of thiophene rings is 1. The molecule has 0 aliphatic heterocycles. The number of nitrogens with zero attached hydrogens (tertiary/aromatic N) is 3. The number of nitrogens with one attached hydrogen (secondary N) is 1. The monoisotopic (exact) mass is 313 g/mol. The molecule has 2 aromatic heterocycles. The minimum atomic E-state index is 0.606. The highest BCUT2D eigenvalue weighted by Crippen LogP contribution is 2.22. The molecular formula is C10H12BrN5S. The molecule has 0 aliphatic carbocycles. The Morgan fingerprint density at radius 1 is 1.47 bits per heavy atom. The van der Waals surface area contributed by atoms with Crippen molar-refractivity contribution in [2.24, 2.45) is 5.84 Å². The number of anilines is 2. The highest BCUT2D eigenvalue weighted by Gasteiger charge is 2.06. The van der Waals surface area contributed by atoms with Crippen LogP contribution in [0.5, 0.6) is 0 Å². The van der Waals surface area contributed by atoms with Gasteiger partial charge in [-0.25, -0.2) is 15.8 Å². The first-order chi connectivity index (χ1) is 8.19. The summed E-state index contributed by atoms with van der Waals surface area (Å²) in [7, 11) is 1.98. The lowest BCUT2D eigenvalue weighted by Crippen LogP contribution is -2.18. The van der Waals surface area contributed by atoms with Crippen LogP contribution >= 0.6 is 27.3 Å². The van der Waals surface area contributed by atoms with Crippen LogP contribution in [0.1, 0.15) is 4.88 Å². The highest BCUT2D eigenvalue weighted by molar-refractivity contribution is 9.10.